The number of benzene rings is 1. The molecule has 0 saturated heterocycles. The van der Waals surface area contributed by atoms with Crippen LogP contribution >= 0.6 is 11.6 Å². The van der Waals surface area contributed by atoms with Gasteiger partial charge in [0.1, 0.15) is 5.82 Å². The average molecular weight is 543 g/mol. The van der Waals surface area contributed by atoms with E-state index in [2.05, 4.69) is 20.3 Å². The summed E-state index contributed by atoms with van der Waals surface area (Å²) in [5.74, 6) is 1.35. The van der Waals surface area contributed by atoms with E-state index in [1.807, 2.05) is 41.0 Å². The van der Waals surface area contributed by atoms with Crippen LogP contribution in [0.25, 0.3) is 28.2 Å². The van der Waals surface area contributed by atoms with Crippen molar-refractivity contribution < 1.29 is 9.21 Å². The highest BCUT2D eigenvalue weighted by atomic mass is 35.5. The van der Waals surface area contributed by atoms with Gasteiger partial charge >= 0.3 is 5.69 Å². The maximum absolute atomic E-state index is 13.7. The molecule has 9 nitrogen and oxygen atoms in total. The summed E-state index contributed by atoms with van der Waals surface area (Å²) in [6.45, 7) is 2.41. The first-order chi connectivity index (χ1) is 19.0. The molecular weight excluding hydrogens is 516 g/mol. The van der Waals surface area contributed by atoms with Gasteiger partial charge in [0, 0.05) is 30.5 Å². The van der Waals surface area contributed by atoms with E-state index in [1.165, 1.54) is 6.39 Å². The molecular formula is C29H27ClN6O3. The predicted octanol–water partition coefficient (Wildman–Crippen LogP) is 5.19. The minimum absolute atomic E-state index is 0.0808. The second kappa shape index (κ2) is 10.5. The number of hydrogen-bond donors (Lipinski definition) is 1. The molecule has 10 heteroatoms. The van der Waals surface area contributed by atoms with Crippen LogP contribution in [0.2, 0.25) is 5.02 Å². The Hall–Kier alpha value is -4.24. The number of pyridine rings is 2. The summed E-state index contributed by atoms with van der Waals surface area (Å²) in [6, 6.07) is 13.2. The van der Waals surface area contributed by atoms with Crippen molar-refractivity contribution in [3.05, 3.63) is 94.2 Å². The van der Waals surface area contributed by atoms with Gasteiger partial charge in [-0.3, -0.25) is 14.3 Å². The molecule has 1 saturated carbocycles. The van der Waals surface area contributed by atoms with Crippen molar-refractivity contribution in [2.75, 3.05) is 0 Å². The van der Waals surface area contributed by atoms with Gasteiger partial charge in [-0.1, -0.05) is 23.7 Å². The summed E-state index contributed by atoms with van der Waals surface area (Å²) >= 11 is 6.04. The van der Waals surface area contributed by atoms with E-state index in [-0.39, 0.29) is 17.6 Å². The number of imidazole rings is 1. The third kappa shape index (κ3) is 4.97. The molecule has 1 aromatic carbocycles. The molecule has 6 rings (SSSR count). The van der Waals surface area contributed by atoms with Crippen molar-refractivity contribution in [3.8, 4) is 17.1 Å². The third-order valence-electron chi connectivity index (χ3n) is 7.45. The fourth-order valence-electron chi connectivity index (χ4n) is 5.38. The van der Waals surface area contributed by atoms with Crippen molar-refractivity contribution in [1.29, 1.82) is 0 Å². The number of nitrogens with one attached hydrogen (secondary N) is 1. The molecule has 1 aliphatic rings. The minimum atomic E-state index is -0.146. The number of fused-ring (bicyclic) bond motifs is 1. The van der Waals surface area contributed by atoms with Crippen molar-refractivity contribution in [1.82, 2.24) is 29.4 Å². The molecule has 4 heterocycles. The van der Waals surface area contributed by atoms with Gasteiger partial charge in [-0.15, -0.1) is 0 Å². The second-order valence-corrected chi connectivity index (χ2v) is 10.4. The van der Waals surface area contributed by atoms with Crippen molar-refractivity contribution in [3.63, 3.8) is 0 Å². The molecule has 1 fully saturated rings. The zero-order valence-electron chi connectivity index (χ0n) is 21.4. The molecule has 4 aromatic heterocycles. The molecule has 0 aliphatic heterocycles. The number of nitrogens with zero attached hydrogens (tertiary/aromatic N) is 5. The Morgan fingerprint density at radius 1 is 1.05 bits per heavy atom. The van der Waals surface area contributed by atoms with Crippen LogP contribution in [0.5, 0.6) is 0 Å². The van der Waals surface area contributed by atoms with Crippen LogP contribution in [0.3, 0.4) is 0 Å². The molecule has 0 atom stereocenters. The van der Waals surface area contributed by atoms with Crippen LogP contribution in [-0.2, 0) is 6.54 Å². The zero-order valence-corrected chi connectivity index (χ0v) is 22.1. The second-order valence-electron chi connectivity index (χ2n) is 9.97. The van der Waals surface area contributed by atoms with Crippen molar-refractivity contribution in [2.24, 2.45) is 5.92 Å². The van der Waals surface area contributed by atoms with Gasteiger partial charge in [-0.25, -0.2) is 19.3 Å². The lowest BCUT2D eigenvalue weighted by molar-refractivity contribution is 0.0919. The molecule has 1 aliphatic carbocycles. The van der Waals surface area contributed by atoms with E-state index in [0.717, 1.165) is 42.3 Å². The predicted molar refractivity (Wildman–Crippen MR) is 148 cm³/mol. The van der Waals surface area contributed by atoms with Crippen LogP contribution in [0.4, 0.5) is 0 Å². The Kier molecular flexibility index (Phi) is 6.74. The summed E-state index contributed by atoms with van der Waals surface area (Å²) in [6.07, 6.45) is 9.75. The van der Waals surface area contributed by atoms with E-state index in [1.54, 1.807) is 36.1 Å². The number of aryl methyl sites for hydroxylation is 1. The first-order valence-electron chi connectivity index (χ1n) is 13.0. The first kappa shape index (κ1) is 25.1. The van der Waals surface area contributed by atoms with Gasteiger partial charge < -0.3 is 9.73 Å². The van der Waals surface area contributed by atoms with Crippen molar-refractivity contribution in [2.45, 2.75) is 45.2 Å². The Balaban J connectivity index is 1.18. The lowest BCUT2D eigenvalue weighted by atomic mass is 9.85. The SMILES string of the molecule is Cc1ncc(Cl)cc1C(=O)NC1CCC(Cn2c(=O)n(-c3ccc(-c4cnco4)cn3)c3ccccc32)CC1. The Morgan fingerprint density at radius 3 is 2.56 bits per heavy atom. The Labute approximate surface area is 229 Å². The monoisotopic (exact) mass is 542 g/mol. The normalized spacial score (nSPS) is 17.4. The number of carbonyl (C=O) groups excluding carboxylic acids is 1. The summed E-state index contributed by atoms with van der Waals surface area (Å²) in [5.41, 5.74) is 3.53. The highest BCUT2D eigenvalue weighted by Gasteiger charge is 2.26. The van der Waals surface area contributed by atoms with Gasteiger partial charge in [-0.05, 0) is 68.9 Å². The maximum atomic E-state index is 13.7. The maximum Gasteiger partial charge on any atom is 0.334 e. The molecule has 5 aromatic rings. The van der Waals surface area contributed by atoms with Gasteiger partial charge in [0.25, 0.3) is 5.91 Å². The number of hydrogen-bond acceptors (Lipinski definition) is 6. The summed E-state index contributed by atoms with van der Waals surface area (Å²) in [4.78, 5) is 39.2. The molecule has 0 radical (unpaired) electrons. The highest BCUT2D eigenvalue weighted by Crippen LogP contribution is 2.28. The van der Waals surface area contributed by atoms with Gasteiger partial charge in [0.15, 0.2) is 12.2 Å². The number of oxazole rings is 1. The molecule has 1 amide bonds. The summed E-state index contributed by atoms with van der Waals surface area (Å²) in [5, 5.41) is 3.58. The molecule has 0 bridgehead atoms. The minimum Gasteiger partial charge on any atom is -0.443 e. The average Bonchev–Trinajstić information content (AvgIpc) is 3.58. The lowest BCUT2D eigenvalue weighted by Gasteiger charge is -2.29. The van der Waals surface area contributed by atoms with E-state index < -0.39 is 0 Å². The quantitative estimate of drug-likeness (QED) is 0.316. The smallest absolute Gasteiger partial charge is 0.334 e. The van der Waals surface area contributed by atoms with Crippen LogP contribution in [-0.4, -0.2) is 36.0 Å². The zero-order chi connectivity index (χ0) is 26.9. The molecule has 1 N–H and O–H groups in total. The van der Waals surface area contributed by atoms with E-state index >= 15 is 0 Å². The summed E-state index contributed by atoms with van der Waals surface area (Å²) in [7, 11) is 0. The highest BCUT2D eigenvalue weighted by molar-refractivity contribution is 6.30. The fraction of sp³-hybridized carbons (Fsp3) is 0.276. The van der Waals surface area contributed by atoms with Crippen LogP contribution in [0.1, 0.15) is 41.7 Å². The molecule has 0 spiro atoms. The molecule has 0 unspecified atom stereocenters. The number of rotatable bonds is 6. The van der Waals surface area contributed by atoms with Crippen molar-refractivity contribution >= 4 is 28.5 Å². The van der Waals surface area contributed by atoms with Gasteiger partial charge in [0.2, 0.25) is 0 Å². The number of para-hydroxylation sites is 2. The van der Waals surface area contributed by atoms with E-state index in [4.69, 9.17) is 16.0 Å². The molecule has 39 heavy (non-hydrogen) atoms. The largest absolute Gasteiger partial charge is 0.443 e. The molecule has 198 valence electrons. The van der Waals surface area contributed by atoms with Crippen LogP contribution in [0, 0.1) is 12.8 Å². The Bertz CT molecular complexity index is 1680. The third-order valence-corrected chi connectivity index (χ3v) is 7.66. The number of amides is 1. The Morgan fingerprint density at radius 2 is 1.85 bits per heavy atom. The van der Waals surface area contributed by atoms with E-state index in [0.29, 0.717) is 40.3 Å². The number of halogens is 1. The topological polar surface area (TPSA) is 108 Å². The summed E-state index contributed by atoms with van der Waals surface area (Å²) < 4.78 is 8.87. The fourth-order valence-corrected chi connectivity index (χ4v) is 5.53. The first-order valence-corrected chi connectivity index (χ1v) is 13.3. The van der Waals surface area contributed by atoms with Gasteiger partial charge in [-0.2, -0.15) is 0 Å². The van der Waals surface area contributed by atoms with Crippen LogP contribution in [0.15, 0.2) is 76.7 Å². The number of aromatic nitrogens is 5. The van der Waals surface area contributed by atoms with Gasteiger partial charge in [0.05, 0.1) is 33.5 Å². The standard InChI is InChI=1S/C29H27ClN6O3/c1-18-23(12-21(30)14-32-18)28(37)34-22-9-6-19(7-10-22)16-35-24-4-2-3-5-25(24)36(29(35)38)27-11-8-20(13-33-27)26-15-31-17-39-26/h2-5,8,11-15,17,19,22H,6-7,9-10,16H2,1H3,(H,34,37). The van der Waals surface area contributed by atoms with E-state index in [9.17, 15) is 9.59 Å². The van der Waals surface area contributed by atoms with Crippen LogP contribution < -0.4 is 11.0 Å². The lowest BCUT2D eigenvalue weighted by Crippen LogP contribution is -2.39. The number of carbonyl (C=O) groups is 1.